The van der Waals surface area contributed by atoms with Crippen molar-refractivity contribution in [1.29, 1.82) is 5.26 Å². The Morgan fingerprint density at radius 3 is 3.00 bits per heavy atom. The molecule has 1 aromatic rings. The normalized spacial score (nSPS) is 9.43. The van der Waals surface area contributed by atoms with Crippen LogP contribution in [0.1, 0.15) is 23.7 Å². The first-order chi connectivity index (χ1) is 6.81. The summed E-state index contributed by atoms with van der Waals surface area (Å²) in [6.07, 6.45) is 5.84. The van der Waals surface area contributed by atoms with E-state index in [0.717, 1.165) is 24.1 Å². The predicted octanol–water partition coefficient (Wildman–Crippen LogP) is 2.44. The number of pyridine rings is 1. The van der Waals surface area contributed by atoms with Gasteiger partial charge in [-0.1, -0.05) is 19.1 Å². The molecule has 0 N–H and O–H groups in total. The molecule has 72 valence electrons. The van der Waals surface area contributed by atoms with E-state index < -0.39 is 0 Å². The summed E-state index contributed by atoms with van der Waals surface area (Å²) in [7, 11) is 0. The van der Waals surface area contributed by atoms with Crippen molar-refractivity contribution in [2.45, 2.75) is 26.2 Å². The lowest BCUT2D eigenvalue weighted by Crippen LogP contribution is -1.97. The summed E-state index contributed by atoms with van der Waals surface area (Å²) in [5.41, 5.74) is 3.28. The van der Waals surface area contributed by atoms with E-state index in [2.05, 4.69) is 30.6 Å². The Bertz CT molecular complexity index is 361. The summed E-state index contributed by atoms with van der Waals surface area (Å²) < 4.78 is 0. The van der Waals surface area contributed by atoms with Gasteiger partial charge < -0.3 is 0 Å². The van der Waals surface area contributed by atoms with Crippen molar-refractivity contribution in [3.8, 4) is 6.07 Å². The first-order valence-electron chi connectivity index (χ1n) is 4.76. The van der Waals surface area contributed by atoms with E-state index in [1.165, 1.54) is 5.56 Å². The number of nitriles is 1. The summed E-state index contributed by atoms with van der Waals surface area (Å²) in [6, 6.07) is 4.18. The summed E-state index contributed by atoms with van der Waals surface area (Å²) in [6.45, 7) is 5.80. The number of allylic oxidation sites excluding steroid dienone is 1. The van der Waals surface area contributed by atoms with Crippen LogP contribution >= 0.6 is 0 Å². The highest BCUT2D eigenvalue weighted by atomic mass is 14.7. The SMILES string of the molecule is C=CCc1cc(CC#N)cnc1CC. The largest absolute Gasteiger partial charge is 0.261 e. The fraction of sp³-hybridized carbons (Fsp3) is 0.333. The van der Waals surface area contributed by atoms with Crippen LogP contribution < -0.4 is 0 Å². The molecule has 0 aliphatic carbocycles. The molecule has 0 unspecified atom stereocenters. The van der Waals surface area contributed by atoms with Gasteiger partial charge in [0.2, 0.25) is 0 Å². The molecule has 0 aliphatic heterocycles. The minimum Gasteiger partial charge on any atom is -0.261 e. The van der Waals surface area contributed by atoms with Gasteiger partial charge in [-0.15, -0.1) is 6.58 Å². The highest BCUT2D eigenvalue weighted by Gasteiger charge is 2.02. The molecule has 0 atom stereocenters. The van der Waals surface area contributed by atoms with Crippen molar-refractivity contribution in [2.24, 2.45) is 0 Å². The molecule has 2 nitrogen and oxygen atoms in total. The van der Waals surface area contributed by atoms with Crippen LogP contribution in [0.15, 0.2) is 24.9 Å². The van der Waals surface area contributed by atoms with E-state index in [1.807, 2.05) is 6.08 Å². The molecule has 2 heteroatoms. The molecule has 0 radical (unpaired) electrons. The number of aryl methyl sites for hydroxylation is 1. The Balaban J connectivity index is 3.01. The highest BCUT2D eigenvalue weighted by Crippen LogP contribution is 2.11. The summed E-state index contributed by atoms with van der Waals surface area (Å²) in [4.78, 5) is 4.34. The molecular formula is C12H14N2. The van der Waals surface area contributed by atoms with E-state index in [0.29, 0.717) is 6.42 Å². The molecule has 1 aromatic heterocycles. The molecule has 0 saturated heterocycles. The number of rotatable bonds is 4. The summed E-state index contributed by atoms with van der Waals surface area (Å²) in [5, 5.41) is 8.57. The molecule has 0 spiro atoms. The van der Waals surface area contributed by atoms with Crippen molar-refractivity contribution < 1.29 is 0 Å². The van der Waals surface area contributed by atoms with Crippen molar-refractivity contribution in [3.63, 3.8) is 0 Å². The first-order valence-corrected chi connectivity index (χ1v) is 4.76. The van der Waals surface area contributed by atoms with Crippen LogP contribution in [0.3, 0.4) is 0 Å². The average molecular weight is 186 g/mol. The van der Waals surface area contributed by atoms with Crippen molar-refractivity contribution in [1.82, 2.24) is 4.98 Å². The third-order valence-electron chi connectivity index (χ3n) is 2.10. The standard InChI is InChI=1S/C12H14N2/c1-3-5-11-8-10(6-7-13)9-14-12(11)4-2/h3,8-9H,1,4-6H2,2H3. The maximum Gasteiger partial charge on any atom is 0.0670 e. The van der Waals surface area contributed by atoms with Gasteiger partial charge in [0, 0.05) is 11.9 Å². The second kappa shape index (κ2) is 5.18. The smallest absolute Gasteiger partial charge is 0.0670 e. The fourth-order valence-electron chi connectivity index (χ4n) is 1.43. The van der Waals surface area contributed by atoms with Crippen LogP contribution in [-0.2, 0) is 19.3 Å². The molecule has 0 aliphatic rings. The van der Waals surface area contributed by atoms with E-state index in [9.17, 15) is 0 Å². The quantitative estimate of drug-likeness (QED) is 0.677. The number of hydrogen-bond donors (Lipinski definition) is 0. The maximum atomic E-state index is 8.57. The second-order valence-electron chi connectivity index (χ2n) is 3.13. The zero-order valence-electron chi connectivity index (χ0n) is 8.45. The molecule has 0 aromatic carbocycles. The lowest BCUT2D eigenvalue weighted by Gasteiger charge is -2.05. The lowest BCUT2D eigenvalue weighted by molar-refractivity contribution is 0.972. The van der Waals surface area contributed by atoms with Crippen LogP contribution in [0.2, 0.25) is 0 Å². The lowest BCUT2D eigenvalue weighted by atomic mass is 10.0. The zero-order chi connectivity index (χ0) is 10.4. The molecular weight excluding hydrogens is 172 g/mol. The van der Waals surface area contributed by atoms with E-state index >= 15 is 0 Å². The summed E-state index contributed by atoms with van der Waals surface area (Å²) in [5.74, 6) is 0. The molecule has 1 rings (SSSR count). The van der Waals surface area contributed by atoms with E-state index in [4.69, 9.17) is 5.26 Å². The van der Waals surface area contributed by atoms with Gasteiger partial charge in [-0.25, -0.2) is 0 Å². The first kappa shape index (κ1) is 10.5. The van der Waals surface area contributed by atoms with Crippen LogP contribution in [0.25, 0.3) is 0 Å². The topological polar surface area (TPSA) is 36.7 Å². The van der Waals surface area contributed by atoms with Crippen molar-refractivity contribution in [2.75, 3.05) is 0 Å². The van der Waals surface area contributed by atoms with Gasteiger partial charge in [0.1, 0.15) is 0 Å². The monoisotopic (exact) mass is 186 g/mol. The fourth-order valence-corrected chi connectivity index (χ4v) is 1.43. The summed E-state index contributed by atoms with van der Waals surface area (Å²) >= 11 is 0. The molecule has 14 heavy (non-hydrogen) atoms. The Morgan fingerprint density at radius 1 is 1.64 bits per heavy atom. The third-order valence-corrected chi connectivity index (χ3v) is 2.10. The van der Waals surface area contributed by atoms with Crippen molar-refractivity contribution >= 4 is 0 Å². The molecule has 0 amide bonds. The van der Waals surface area contributed by atoms with Crippen LogP contribution in [0.4, 0.5) is 0 Å². The van der Waals surface area contributed by atoms with Gasteiger partial charge >= 0.3 is 0 Å². The Labute approximate surface area is 84.9 Å². The third kappa shape index (κ3) is 2.43. The minimum atomic E-state index is 0.432. The second-order valence-corrected chi connectivity index (χ2v) is 3.13. The van der Waals surface area contributed by atoms with Gasteiger partial charge in [0.25, 0.3) is 0 Å². The van der Waals surface area contributed by atoms with Gasteiger partial charge in [-0.2, -0.15) is 5.26 Å². The van der Waals surface area contributed by atoms with Gasteiger partial charge in [-0.3, -0.25) is 4.98 Å². The molecule has 0 fully saturated rings. The predicted molar refractivity (Wildman–Crippen MR) is 56.8 cm³/mol. The van der Waals surface area contributed by atoms with Crippen LogP contribution in [0.5, 0.6) is 0 Å². The zero-order valence-corrected chi connectivity index (χ0v) is 8.45. The molecule has 0 saturated carbocycles. The van der Waals surface area contributed by atoms with E-state index in [1.54, 1.807) is 6.20 Å². The van der Waals surface area contributed by atoms with Gasteiger partial charge in [0.15, 0.2) is 0 Å². The van der Waals surface area contributed by atoms with Crippen molar-refractivity contribution in [3.05, 3.63) is 41.7 Å². The number of nitrogens with zero attached hydrogens (tertiary/aromatic N) is 2. The minimum absolute atomic E-state index is 0.432. The Morgan fingerprint density at radius 2 is 2.43 bits per heavy atom. The Kier molecular flexibility index (Phi) is 3.87. The van der Waals surface area contributed by atoms with E-state index in [-0.39, 0.29) is 0 Å². The Hall–Kier alpha value is -1.62. The van der Waals surface area contributed by atoms with Gasteiger partial charge in [0.05, 0.1) is 12.5 Å². The highest BCUT2D eigenvalue weighted by molar-refractivity contribution is 5.28. The van der Waals surface area contributed by atoms with Crippen LogP contribution in [0, 0.1) is 11.3 Å². The number of hydrogen-bond acceptors (Lipinski definition) is 2. The number of aromatic nitrogens is 1. The molecule has 0 bridgehead atoms. The van der Waals surface area contributed by atoms with Gasteiger partial charge in [-0.05, 0) is 24.0 Å². The van der Waals surface area contributed by atoms with Crippen LogP contribution in [-0.4, -0.2) is 4.98 Å². The average Bonchev–Trinajstić information content (AvgIpc) is 2.19. The molecule has 1 heterocycles. The maximum absolute atomic E-state index is 8.57.